The first kappa shape index (κ1) is 15.4. The fraction of sp³-hybridized carbons (Fsp3) is 0.467. The number of nitrogens with zero attached hydrogens (tertiary/aromatic N) is 5. The maximum absolute atomic E-state index is 12.2. The third-order valence-electron chi connectivity index (χ3n) is 4.39. The average molecular weight is 394 g/mol. The minimum absolute atomic E-state index is 0.114. The Hall–Kier alpha value is -2.16. The fourth-order valence-corrected chi connectivity index (χ4v) is 3.31. The molecule has 9 heteroatoms. The van der Waals surface area contributed by atoms with Crippen LogP contribution in [-0.4, -0.2) is 56.2 Å². The van der Waals surface area contributed by atoms with Gasteiger partial charge in [-0.2, -0.15) is 0 Å². The SMILES string of the molecule is O=C1CCCN1Cc1cn(C2CN(C(=O)c3ccc(Br)o3)C2)nn1. The highest BCUT2D eigenvalue weighted by molar-refractivity contribution is 9.10. The van der Waals surface area contributed by atoms with Crippen LogP contribution < -0.4 is 0 Å². The summed E-state index contributed by atoms with van der Waals surface area (Å²) in [4.78, 5) is 27.4. The molecule has 0 spiro atoms. The number of carbonyl (C=O) groups is 2. The highest BCUT2D eigenvalue weighted by atomic mass is 79.9. The Balaban J connectivity index is 1.34. The second-order valence-corrected chi connectivity index (χ2v) is 6.86. The van der Waals surface area contributed by atoms with E-state index in [0.29, 0.717) is 36.5 Å². The molecule has 2 saturated heterocycles. The van der Waals surface area contributed by atoms with Crippen molar-refractivity contribution in [2.24, 2.45) is 0 Å². The van der Waals surface area contributed by atoms with Crippen molar-refractivity contribution in [3.63, 3.8) is 0 Å². The van der Waals surface area contributed by atoms with Crippen LogP contribution in [0.1, 0.15) is 35.1 Å². The third kappa shape index (κ3) is 2.83. The molecular weight excluding hydrogens is 378 g/mol. The predicted octanol–water partition coefficient (Wildman–Crippen LogP) is 1.45. The Morgan fingerprint density at radius 2 is 2.21 bits per heavy atom. The van der Waals surface area contributed by atoms with E-state index in [2.05, 4.69) is 26.2 Å². The van der Waals surface area contributed by atoms with Crippen LogP contribution in [-0.2, 0) is 11.3 Å². The van der Waals surface area contributed by atoms with Gasteiger partial charge in [-0.1, -0.05) is 5.21 Å². The summed E-state index contributed by atoms with van der Waals surface area (Å²) in [6.07, 6.45) is 3.40. The zero-order valence-corrected chi connectivity index (χ0v) is 14.5. The van der Waals surface area contributed by atoms with Crippen molar-refractivity contribution in [1.29, 1.82) is 0 Å². The minimum Gasteiger partial charge on any atom is -0.444 e. The van der Waals surface area contributed by atoms with Crippen molar-refractivity contribution in [1.82, 2.24) is 24.8 Å². The molecule has 2 amide bonds. The van der Waals surface area contributed by atoms with Gasteiger partial charge in [-0.3, -0.25) is 9.59 Å². The van der Waals surface area contributed by atoms with E-state index in [1.54, 1.807) is 26.6 Å². The van der Waals surface area contributed by atoms with Crippen molar-refractivity contribution < 1.29 is 14.0 Å². The third-order valence-corrected chi connectivity index (χ3v) is 4.82. The molecule has 0 atom stereocenters. The van der Waals surface area contributed by atoms with Crippen molar-refractivity contribution in [2.45, 2.75) is 25.4 Å². The summed E-state index contributed by atoms with van der Waals surface area (Å²) in [7, 11) is 0. The first-order valence-corrected chi connectivity index (χ1v) is 8.62. The van der Waals surface area contributed by atoms with Crippen LogP contribution in [0.3, 0.4) is 0 Å². The number of halogens is 1. The molecule has 0 saturated carbocycles. The van der Waals surface area contributed by atoms with Gasteiger partial charge in [0.05, 0.1) is 18.8 Å². The van der Waals surface area contributed by atoms with Gasteiger partial charge in [-0.05, 0) is 34.5 Å². The van der Waals surface area contributed by atoms with Crippen LogP contribution in [0.2, 0.25) is 0 Å². The quantitative estimate of drug-likeness (QED) is 0.784. The molecule has 2 aromatic heterocycles. The maximum Gasteiger partial charge on any atom is 0.289 e. The number of furan rings is 1. The molecule has 0 aliphatic carbocycles. The van der Waals surface area contributed by atoms with E-state index in [0.717, 1.165) is 18.7 Å². The van der Waals surface area contributed by atoms with Crippen molar-refractivity contribution in [3.05, 3.63) is 34.5 Å². The summed E-state index contributed by atoms with van der Waals surface area (Å²) in [5.74, 6) is 0.377. The molecule has 0 bridgehead atoms. The standard InChI is InChI=1S/C15H16BrN5O3/c16-13-4-3-12(24-13)15(23)20-8-11(9-20)21-7-10(17-18-21)6-19-5-1-2-14(19)22/h3-4,7,11H,1-2,5-6,8-9H2. The maximum atomic E-state index is 12.2. The Morgan fingerprint density at radius 3 is 2.88 bits per heavy atom. The molecule has 0 radical (unpaired) electrons. The number of hydrogen-bond acceptors (Lipinski definition) is 5. The lowest BCUT2D eigenvalue weighted by Crippen LogP contribution is -2.50. The van der Waals surface area contributed by atoms with E-state index in [1.165, 1.54) is 0 Å². The molecule has 2 aromatic rings. The van der Waals surface area contributed by atoms with E-state index >= 15 is 0 Å². The van der Waals surface area contributed by atoms with Crippen LogP contribution in [0, 0.1) is 0 Å². The zero-order valence-electron chi connectivity index (χ0n) is 12.9. The van der Waals surface area contributed by atoms with Gasteiger partial charge in [0.2, 0.25) is 5.91 Å². The summed E-state index contributed by atoms with van der Waals surface area (Å²) >= 11 is 3.19. The molecule has 4 rings (SSSR count). The van der Waals surface area contributed by atoms with E-state index in [-0.39, 0.29) is 17.9 Å². The van der Waals surface area contributed by atoms with Crippen molar-refractivity contribution >= 4 is 27.7 Å². The fourth-order valence-electron chi connectivity index (χ4n) is 3.00. The minimum atomic E-state index is -0.125. The Labute approximate surface area is 146 Å². The molecule has 2 aliphatic heterocycles. The van der Waals surface area contributed by atoms with Crippen LogP contribution in [0.4, 0.5) is 0 Å². The number of likely N-dealkylation sites (tertiary alicyclic amines) is 2. The number of aromatic nitrogens is 3. The Bertz CT molecular complexity index is 780. The van der Waals surface area contributed by atoms with Crippen LogP contribution >= 0.6 is 15.9 Å². The molecule has 0 aromatic carbocycles. The van der Waals surface area contributed by atoms with Gasteiger partial charge in [0, 0.05) is 26.1 Å². The average Bonchev–Trinajstić information content (AvgIpc) is 3.22. The van der Waals surface area contributed by atoms with E-state index in [4.69, 9.17) is 4.42 Å². The molecule has 2 aliphatic rings. The topological polar surface area (TPSA) is 84.5 Å². The van der Waals surface area contributed by atoms with Gasteiger partial charge in [0.25, 0.3) is 5.91 Å². The smallest absolute Gasteiger partial charge is 0.289 e. The number of hydrogen-bond donors (Lipinski definition) is 0. The van der Waals surface area contributed by atoms with Crippen molar-refractivity contribution in [2.75, 3.05) is 19.6 Å². The zero-order chi connectivity index (χ0) is 16.7. The van der Waals surface area contributed by atoms with Gasteiger partial charge < -0.3 is 14.2 Å². The lowest BCUT2D eigenvalue weighted by atomic mass is 10.1. The lowest BCUT2D eigenvalue weighted by Gasteiger charge is -2.38. The molecule has 2 fully saturated rings. The predicted molar refractivity (Wildman–Crippen MR) is 86.0 cm³/mol. The lowest BCUT2D eigenvalue weighted by molar-refractivity contribution is -0.128. The molecule has 0 unspecified atom stereocenters. The Kier molecular flexibility index (Phi) is 3.87. The second kappa shape index (κ2) is 6.04. The first-order chi connectivity index (χ1) is 11.6. The number of carbonyl (C=O) groups excluding carboxylic acids is 2. The van der Waals surface area contributed by atoms with Crippen molar-refractivity contribution in [3.8, 4) is 0 Å². The monoisotopic (exact) mass is 393 g/mol. The first-order valence-electron chi connectivity index (χ1n) is 7.83. The molecule has 126 valence electrons. The molecule has 24 heavy (non-hydrogen) atoms. The highest BCUT2D eigenvalue weighted by Crippen LogP contribution is 2.24. The summed E-state index contributed by atoms with van der Waals surface area (Å²) in [6, 6.07) is 3.47. The van der Waals surface area contributed by atoms with Crippen LogP contribution in [0.15, 0.2) is 27.4 Å². The van der Waals surface area contributed by atoms with E-state index in [9.17, 15) is 9.59 Å². The number of amides is 2. The largest absolute Gasteiger partial charge is 0.444 e. The highest BCUT2D eigenvalue weighted by Gasteiger charge is 2.34. The summed E-state index contributed by atoms with van der Waals surface area (Å²) in [5.41, 5.74) is 0.782. The van der Waals surface area contributed by atoms with Crippen LogP contribution in [0.25, 0.3) is 0 Å². The second-order valence-electron chi connectivity index (χ2n) is 6.08. The molecule has 0 N–H and O–H groups in total. The van der Waals surface area contributed by atoms with Gasteiger partial charge in [0.15, 0.2) is 10.4 Å². The molecular formula is C15H16BrN5O3. The molecule has 4 heterocycles. The van der Waals surface area contributed by atoms with Crippen LogP contribution in [0.5, 0.6) is 0 Å². The van der Waals surface area contributed by atoms with Gasteiger partial charge >= 0.3 is 0 Å². The summed E-state index contributed by atoms with van der Waals surface area (Å²) in [6.45, 7) is 2.44. The van der Waals surface area contributed by atoms with Gasteiger partial charge in [-0.15, -0.1) is 5.10 Å². The van der Waals surface area contributed by atoms with Gasteiger partial charge in [-0.25, -0.2) is 4.68 Å². The summed E-state index contributed by atoms with van der Waals surface area (Å²) < 4.78 is 7.60. The normalized spacial score (nSPS) is 18.3. The number of rotatable bonds is 4. The summed E-state index contributed by atoms with van der Waals surface area (Å²) in [5, 5.41) is 8.28. The molecule has 8 nitrogen and oxygen atoms in total. The van der Waals surface area contributed by atoms with E-state index < -0.39 is 0 Å². The van der Waals surface area contributed by atoms with Gasteiger partial charge in [0.1, 0.15) is 5.69 Å². The van der Waals surface area contributed by atoms with E-state index in [1.807, 2.05) is 6.20 Å². The Morgan fingerprint density at radius 1 is 1.38 bits per heavy atom.